The Morgan fingerprint density at radius 2 is 1.62 bits per heavy atom. The first-order valence-electron chi connectivity index (χ1n) is 10.1. The summed E-state index contributed by atoms with van der Waals surface area (Å²) < 4.78 is 78.9. The Bertz CT molecular complexity index is 897. The van der Waals surface area contributed by atoms with Gasteiger partial charge >= 0.3 is 12.4 Å². The van der Waals surface area contributed by atoms with Crippen LogP contribution in [0.4, 0.5) is 32.0 Å². The molecule has 0 unspecified atom stereocenters. The van der Waals surface area contributed by atoms with E-state index in [1.165, 1.54) is 0 Å². The molecule has 3 rings (SSSR count). The Balaban J connectivity index is 1.86. The predicted molar refractivity (Wildman–Crippen MR) is 115 cm³/mol. The van der Waals surface area contributed by atoms with E-state index in [-0.39, 0.29) is 28.9 Å². The summed E-state index contributed by atoms with van der Waals surface area (Å²) >= 11 is 5.29. The van der Waals surface area contributed by atoms with Gasteiger partial charge < -0.3 is 10.6 Å². The average Bonchev–Trinajstić information content (AvgIpc) is 3.19. The van der Waals surface area contributed by atoms with Gasteiger partial charge in [-0.1, -0.05) is 37.3 Å². The fraction of sp³-hybridized carbons (Fsp3) is 0.409. The van der Waals surface area contributed by atoms with Gasteiger partial charge in [0.05, 0.1) is 17.2 Å². The molecule has 0 aromatic heterocycles. The van der Waals surface area contributed by atoms with Crippen molar-refractivity contribution in [2.75, 3.05) is 18.4 Å². The lowest BCUT2D eigenvalue weighted by atomic mass is 9.97. The van der Waals surface area contributed by atoms with Crippen LogP contribution < -0.4 is 10.6 Å². The van der Waals surface area contributed by atoms with Gasteiger partial charge in [0.15, 0.2) is 5.11 Å². The van der Waals surface area contributed by atoms with Crippen molar-refractivity contribution in [2.45, 2.75) is 44.2 Å². The molecule has 0 aliphatic carbocycles. The third kappa shape index (κ3) is 5.92. The van der Waals surface area contributed by atoms with Crippen LogP contribution in [0.5, 0.6) is 0 Å². The van der Waals surface area contributed by atoms with Crippen molar-refractivity contribution < 1.29 is 26.3 Å². The number of likely N-dealkylation sites (tertiary alicyclic amines) is 1. The van der Waals surface area contributed by atoms with E-state index >= 15 is 0 Å². The van der Waals surface area contributed by atoms with E-state index in [0.717, 1.165) is 31.5 Å². The third-order valence-corrected chi connectivity index (χ3v) is 5.72. The SMILES string of the molecule is CCN1CCC[C@H]1[C@@H](NC(=S)Nc1cc(C(F)(F)F)cc(C(F)(F)F)c1)c1ccccc1. The number of hydrogen-bond donors (Lipinski definition) is 2. The number of nitrogens with zero attached hydrogens (tertiary/aromatic N) is 1. The summed E-state index contributed by atoms with van der Waals surface area (Å²) in [5.41, 5.74) is -2.24. The summed E-state index contributed by atoms with van der Waals surface area (Å²) in [7, 11) is 0. The molecule has 174 valence electrons. The normalized spacial score (nSPS) is 18.4. The van der Waals surface area contributed by atoms with E-state index < -0.39 is 23.5 Å². The molecule has 2 aromatic carbocycles. The number of thiocarbonyl (C=S) groups is 1. The van der Waals surface area contributed by atoms with Crippen molar-refractivity contribution in [3.05, 3.63) is 65.2 Å². The van der Waals surface area contributed by atoms with E-state index in [9.17, 15) is 26.3 Å². The molecule has 0 saturated carbocycles. The molecule has 2 N–H and O–H groups in total. The van der Waals surface area contributed by atoms with Crippen LogP contribution in [-0.4, -0.2) is 29.1 Å². The van der Waals surface area contributed by atoms with Crippen LogP contribution in [0.25, 0.3) is 0 Å². The molecule has 2 aromatic rings. The molecule has 0 spiro atoms. The molecule has 32 heavy (non-hydrogen) atoms. The van der Waals surface area contributed by atoms with Gasteiger partial charge in [-0.2, -0.15) is 26.3 Å². The summed E-state index contributed by atoms with van der Waals surface area (Å²) in [6, 6.07) is 10.6. The van der Waals surface area contributed by atoms with Gasteiger partial charge in [-0.15, -0.1) is 0 Å². The van der Waals surface area contributed by atoms with Crippen LogP contribution in [0.2, 0.25) is 0 Å². The standard InChI is InChI=1S/C22H23F6N3S/c1-2-31-10-6-9-18(31)19(14-7-4-3-5-8-14)30-20(32)29-17-12-15(21(23,24)25)11-16(13-17)22(26,27)28/h3-5,7-8,11-13,18-19H,2,6,9-10H2,1H3,(H2,29,30,32)/t18-,19-/m0/s1. The van der Waals surface area contributed by atoms with Gasteiger partial charge in [0.1, 0.15) is 0 Å². The number of likely N-dealkylation sites (N-methyl/N-ethyl adjacent to an activating group) is 1. The highest BCUT2D eigenvalue weighted by Crippen LogP contribution is 2.37. The Labute approximate surface area is 187 Å². The lowest BCUT2D eigenvalue weighted by Crippen LogP contribution is -2.44. The minimum atomic E-state index is -4.93. The number of benzene rings is 2. The van der Waals surface area contributed by atoms with Crippen molar-refractivity contribution in [1.29, 1.82) is 0 Å². The highest BCUT2D eigenvalue weighted by Gasteiger charge is 2.37. The van der Waals surface area contributed by atoms with Crippen LogP contribution in [0.1, 0.15) is 42.5 Å². The number of alkyl halides is 6. The summed E-state index contributed by atoms with van der Waals surface area (Å²) in [6.45, 7) is 3.77. The van der Waals surface area contributed by atoms with Crippen LogP contribution >= 0.6 is 12.2 Å². The predicted octanol–water partition coefficient (Wildman–Crippen LogP) is 6.24. The van der Waals surface area contributed by atoms with Gasteiger partial charge in [-0.3, -0.25) is 4.90 Å². The first kappa shape index (κ1) is 24.3. The number of hydrogen-bond acceptors (Lipinski definition) is 2. The van der Waals surface area contributed by atoms with Crippen molar-refractivity contribution in [3.8, 4) is 0 Å². The minimum absolute atomic E-state index is 0.0470. The monoisotopic (exact) mass is 475 g/mol. The van der Waals surface area contributed by atoms with Gasteiger partial charge in [0.2, 0.25) is 0 Å². The second-order valence-corrected chi connectivity index (χ2v) is 8.03. The number of anilines is 1. The van der Waals surface area contributed by atoms with Gasteiger partial charge in [0.25, 0.3) is 0 Å². The average molecular weight is 476 g/mol. The molecule has 0 amide bonds. The topological polar surface area (TPSA) is 27.3 Å². The molecule has 1 heterocycles. The van der Waals surface area contributed by atoms with E-state index in [2.05, 4.69) is 15.5 Å². The van der Waals surface area contributed by atoms with Crippen LogP contribution in [0.3, 0.4) is 0 Å². The van der Waals surface area contributed by atoms with E-state index in [4.69, 9.17) is 12.2 Å². The van der Waals surface area contributed by atoms with Crippen molar-refractivity contribution in [1.82, 2.24) is 10.2 Å². The maximum atomic E-state index is 13.1. The number of rotatable bonds is 5. The molecule has 2 atom stereocenters. The smallest absolute Gasteiger partial charge is 0.354 e. The van der Waals surface area contributed by atoms with Crippen LogP contribution in [0, 0.1) is 0 Å². The molecule has 3 nitrogen and oxygen atoms in total. The minimum Gasteiger partial charge on any atom is -0.354 e. The summed E-state index contributed by atoms with van der Waals surface area (Å²) in [5.74, 6) is 0. The van der Waals surface area contributed by atoms with Gasteiger partial charge in [-0.25, -0.2) is 0 Å². The summed E-state index contributed by atoms with van der Waals surface area (Å²) in [5, 5.41) is 5.60. The van der Waals surface area contributed by atoms with Crippen LogP contribution in [-0.2, 0) is 12.4 Å². The molecular weight excluding hydrogens is 452 g/mol. The summed E-state index contributed by atoms with van der Waals surface area (Å²) in [6.07, 6.45) is -7.97. The third-order valence-electron chi connectivity index (χ3n) is 5.50. The Morgan fingerprint density at radius 3 is 2.16 bits per heavy atom. The van der Waals surface area contributed by atoms with E-state index in [0.29, 0.717) is 12.1 Å². The number of nitrogens with one attached hydrogen (secondary N) is 2. The second-order valence-electron chi connectivity index (χ2n) is 7.62. The molecule has 10 heteroatoms. The first-order chi connectivity index (χ1) is 15.0. The fourth-order valence-corrected chi connectivity index (χ4v) is 4.26. The van der Waals surface area contributed by atoms with E-state index in [1.807, 2.05) is 37.3 Å². The largest absolute Gasteiger partial charge is 0.416 e. The lowest BCUT2D eigenvalue weighted by Gasteiger charge is -2.33. The highest BCUT2D eigenvalue weighted by atomic mass is 32.1. The van der Waals surface area contributed by atoms with Gasteiger partial charge in [-0.05, 0) is 61.9 Å². The molecular formula is C22H23F6N3S. The maximum absolute atomic E-state index is 13.1. The molecule has 1 aliphatic heterocycles. The molecule has 1 fully saturated rings. The molecule has 1 aliphatic rings. The fourth-order valence-electron chi connectivity index (χ4n) is 4.02. The van der Waals surface area contributed by atoms with Crippen molar-refractivity contribution in [2.24, 2.45) is 0 Å². The maximum Gasteiger partial charge on any atom is 0.416 e. The molecule has 0 bridgehead atoms. The summed E-state index contributed by atoms with van der Waals surface area (Å²) in [4.78, 5) is 2.28. The van der Waals surface area contributed by atoms with Gasteiger partial charge in [0, 0.05) is 11.7 Å². The quantitative estimate of drug-likeness (QED) is 0.396. The van der Waals surface area contributed by atoms with Crippen LogP contribution in [0.15, 0.2) is 48.5 Å². The zero-order chi connectivity index (χ0) is 23.5. The number of halogens is 6. The molecule has 1 saturated heterocycles. The Morgan fingerprint density at radius 1 is 1.03 bits per heavy atom. The zero-order valence-electron chi connectivity index (χ0n) is 17.2. The Hall–Kier alpha value is -2.33. The van der Waals surface area contributed by atoms with Crippen molar-refractivity contribution in [3.63, 3.8) is 0 Å². The molecule has 0 radical (unpaired) electrons. The first-order valence-corrected chi connectivity index (χ1v) is 10.6. The Kier molecular flexibility index (Phi) is 7.34. The van der Waals surface area contributed by atoms with Crippen molar-refractivity contribution >= 4 is 23.0 Å². The highest BCUT2D eigenvalue weighted by molar-refractivity contribution is 7.80. The van der Waals surface area contributed by atoms with E-state index in [1.54, 1.807) is 0 Å². The zero-order valence-corrected chi connectivity index (χ0v) is 18.0. The second kappa shape index (κ2) is 9.66. The lowest BCUT2D eigenvalue weighted by molar-refractivity contribution is -0.143.